The van der Waals surface area contributed by atoms with E-state index in [4.69, 9.17) is 27.9 Å². The molecule has 0 saturated heterocycles. The second kappa shape index (κ2) is 8.25. The highest BCUT2D eigenvalue weighted by molar-refractivity contribution is 7.16. The van der Waals surface area contributed by atoms with Gasteiger partial charge in [0.25, 0.3) is 5.91 Å². The molecule has 1 heterocycles. The lowest BCUT2D eigenvalue weighted by atomic mass is 10.2. The zero-order valence-electron chi connectivity index (χ0n) is 14.5. The summed E-state index contributed by atoms with van der Waals surface area (Å²) in [4.78, 5) is 17.6. The Bertz CT molecular complexity index is 1020. The van der Waals surface area contributed by atoms with E-state index in [1.165, 1.54) is 11.3 Å². The maximum Gasteiger partial charge on any atom is 0.281 e. The highest BCUT2D eigenvalue weighted by atomic mass is 35.5. The van der Waals surface area contributed by atoms with Crippen LogP contribution in [0.25, 0.3) is 10.2 Å². The number of rotatable bonds is 5. The van der Waals surface area contributed by atoms with Gasteiger partial charge in [-0.05, 0) is 49.7 Å². The van der Waals surface area contributed by atoms with E-state index >= 15 is 0 Å². The number of benzene rings is 2. The van der Waals surface area contributed by atoms with Gasteiger partial charge in [-0.1, -0.05) is 41.5 Å². The zero-order chi connectivity index (χ0) is 18.7. The number of fused-ring (bicyclic) bond motifs is 1. The summed E-state index contributed by atoms with van der Waals surface area (Å²) in [6.45, 7) is 5.41. The van der Waals surface area contributed by atoms with Gasteiger partial charge in [0.2, 0.25) is 0 Å². The molecule has 26 heavy (non-hydrogen) atoms. The molecule has 0 saturated carbocycles. The first-order chi connectivity index (χ1) is 12.5. The highest BCUT2D eigenvalue weighted by Gasteiger charge is 2.13. The Kier molecular flexibility index (Phi) is 6.01. The Labute approximate surface area is 165 Å². The summed E-state index contributed by atoms with van der Waals surface area (Å²) in [5, 5.41) is 0.789. The Morgan fingerprint density at radius 3 is 2.73 bits per heavy atom. The van der Waals surface area contributed by atoms with Gasteiger partial charge in [0.05, 0.1) is 27.4 Å². The van der Waals surface area contributed by atoms with Crippen molar-refractivity contribution in [1.82, 2.24) is 4.57 Å². The van der Waals surface area contributed by atoms with Crippen LogP contribution < -0.4 is 9.54 Å². The summed E-state index contributed by atoms with van der Waals surface area (Å²) in [5.41, 5.74) is 1.33. The summed E-state index contributed by atoms with van der Waals surface area (Å²) in [6.07, 6.45) is 0.929. The van der Waals surface area contributed by atoms with Gasteiger partial charge in [0.1, 0.15) is 5.75 Å². The van der Waals surface area contributed by atoms with Crippen molar-refractivity contribution in [3.8, 4) is 5.75 Å². The van der Waals surface area contributed by atoms with Crippen molar-refractivity contribution in [3.63, 3.8) is 0 Å². The first-order valence-electron chi connectivity index (χ1n) is 8.33. The van der Waals surface area contributed by atoms with Gasteiger partial charge in [-0.25, -0.2) is 0 Å². The Balaban J connectivity index is 2.12. The second-order valence-corrected chi connectivity index (χ2v) is 7.49. The predicted octanol–water partition coefficient (Wildman–Crippen LogP) is 5.56. The van der Waals surface area contributed by atoms with Crippen molar-refractivity contribution >= 4 is 50.7 Å². The first-order valence-corrected chi connectivity index (χ1v) is 9.91. The van der Waals surface area contributed by atoms with Crippen LogP contribution in [0.1, 0.15) is 30.6 Å². The molecule has 3 rings (SSSR count). The SMILES string of the molecule is CCCn1c(=NC(=O)c2cc(Cl)ccc2Cl)sc2cc(OCC)ccc21. The van der Waals surface area contributed by atoms with Crippen LogP contribution in [-0.4, -0.2) is 17.1 Å². The van der Waals surface area contributed by atoms with Gasteiger partial charge < -0.3 is 9.30 Å². The molecule has 0 bridgehead atoms. The fraction of sp³-hybridized carbons (Fsp3) is 0.263. The van der Waals surface area contributed by atoms with E-state index in [2.05, 4.69) is 11.9 Å². The molecule has 0 aliphatic heterocycles. The molecule has 1 aromatic heterocycles. The van der Waals surface area contributed by atoms with Crippen molar-refractivity contribution < 1.29 is 9.53 Å². The van der Waals surface area contributed by atoms with E-state index < -0.39 is 5.91 Å². The van der Waals surface area contributed by atoms with Crippen LogP contribution in [0, 0.1) is 0 Å². The van der Waals surface area contributed by atoms with Gasteiger partial charge >= 0.3 is 0 Å². The van der Waals surface area contributed by atoms with Crippen molar-refractivity contribution in [2.45, 2.75) is 26.8 Å². The van der Waals surface area contributed by atoms with Gasteiger partial charge in [-0.2, -0.15) is 4.99 Å². The number of nitrogens with zero attached hydrogens (tertiary/aromatic N) is 2. The minimum absolute atomic E-state index is 0.301. The number of ether oxygens (including phenoxy) is 1. The third kappa shape index (κ3) is 3.95. The van der Waals surface area contributed by atoms with Gasteiger partial charge in [-0.15, -0.1) is 0 Å². The first kappa shape index (κ1) is 19.0. The third-order valence-corrected chi connectivity index (χ3v) is 5.37. The average molecular weight is 409 g/mol. The van der Waals surface area contributed by atoms with Crippen LogP contribution in [0.15, 0.2) is 41.4 Å². The van der Waals surface area contributed by atoms with Crippen molar-refractivity contribution in [1.29, 1.82) is 0 Å². The number of amides is 1. The average Bonchev–Trinajstić information content (AvgIpc) is 2.94. The lowest BCUT2D eigenvalue weighted by Crippen LogP contribution is -2.17. The third-order valence-electron chi connectivity index (χ3n) is 3.77. The number of carbonyl (C=O) groups is 1. The highest BCUT2D eigenvalue weighted by Crippen LogP contribution is 2.25. The summed E-state index contributed by atoms with van der Waals surface area (Å²) < 4.78 is 8.64. The summed E-state index contributed by atoms with van der Waals surface area (Å²) in [6, 6.07) is 10.7. The molecule has 0 fully saturated rings. The molecule has 0 aliphatic rings. The number of aromatic nitrogens is 1. The number of halogens is 2. The molecular weight excluding hydrogens is 391 g/mol. The van der Waals surface area contributed by atoms with Crippen molar-refractivity contribution in [2.24, 2.45) is 4.99 Å². The maximum atomic E-state index is 12.6. The van der Waals surface area contributed by atoms with Crippen LogP contribution in [-0.2, 0) is 6.54 Å². The number of thiazole rings is 1. The Hall–Kier alpha value is -1.82. The van der Waals surface area contributed by atoms with Crippen LogP contribution in [0.2, 0.25) is 10.0 Å². The van der Waals surface area contributed by atoms with E-state index in [0.717, 1.165) is 28.9 Å². The standard InChI is InChI=1S/C19H18Cl2N2O2S/c1-3-9-23-16-8-6-13(25-4-2)11-17(16)26-19(23)22-18(24)14-10-12(20)5-7-15(14)21/h5-8,10-11H,3-4,9H2,1-2H3. The van der Waals surface area contributed by atoms with Crippen molar-refractivity contribution in [3.05, 3.63) is 56.8 Å². The number of aryl methyl sites for hydroxylation is 1. The molecule has 0 aliphatic carbocycles. The number of carbonyl (C=O) groups excluding carboxylic acids is 1. The largest absolute Gasteiger partial charge is 0.494 e. The maximum absolute atomic E-state index is 12.6. The molecule has 136 valence electrons. The van der Waals surface area contributed by atoms with Crippen LogP contribution in [0.5, 0.6) is 5.75 Å². The van der Waals surface area contributed by atoms with E-state index in [0.29, 0.717) is 27.0 Å². The molecule has 7 heteroatoms. The van der Waals surface area contributed by atoms with Crippen LogP contribution >= 0.6 is 34.5 Å². The van der Waals surface area contributed by atoms with Gasteiger partial charge in [0.15, 0.2) is 4.80 Å². The Morgan fingerprint density at radius 2 is 2.00 bits per heavy atom. The lowest BCUT2D eigenvalue weighted by Gasteiger charge is -2.05. The van der Waals surface area contributed by atoms with E-state index in [1.807, 2.05) is 29.7 Å². The molecule has 4 nitrogen and oxygen atoms in total. The van der Waals surface area contributed by atoms with E-state index in [-0.39, 0.29) is 0 Å². The molecular formula is C19H18Cl2N2O2S. The van der Waals surface area contributed by atoms with Crippen molar-refractivity contribution in [2.75, 3.05) is 6.61 Å². The molecule has 0 atom stereocenters. The lowest BCUT2D eigenvalue weighted by molar-refractivity contribution is 0.0998. The molecule has 3 aromatic rings. The smallest absolute Gasteiger partial charge is 0.281 e. The molecule has 1 amide bonds. The zero-order valence-corrected chi connectivity index (χ0v) is 16.8. The molecule has 2 aromatic carbocycles. The monoisotopic (exact) mass is 408 g/mol. The normalized spacial score (nSPS) is 11.9. The molecule has 0 spiro atoms. The minimum Gasteiger partial charge on any atom is -0.494 e. The minimum atomic E-state index is -0.404. The van der Waals surface area contributed by atoms with Crippen LogP contribution in [0.4, 0.5) is 0 Å². The number of hydrogen-bond acceptors (Lipinski definition) is 3. The molecule has 0 unspecified atom stereocenters. The topological polar surface area (TPSA) is 43.6 Å². The summed E-state index contributed by atoms with van der Waals surface area (Å²) in [7, 11) is 0. The van der Waals surface area contributed by atoms with Gasteiger partial charge in [0, 0.05) is 11.6 Å². The number of hydrogen-bond donors (Lipinski definition) is 0. The second-order valence-electron chi connectivity index (χ2n) is 5.64. The fourth-order valence-corrected chi connectivity index (χ4v) is 4.10. The quantitative estimate of drug-likeness (QED) is 0.554. The predicted molar refractivity (Wildman–Crippen MR) is 108 cm³/mol. The van der Waals surface area contributed by atoms with Crippen LogP contribution in [0.3, 0.4) is 0 Å². The van der Waals surface area contributed by atoms with E-state index in [1.54, 1.807) is 18.2 Å². The summed E-state index contributed by atoms with van der Waals surface area (Å²) >= 11 is 13.6. The molecule has 0 radical (unpaired) electrons. The van der Waals surface area contributed by atoms with Gasteiger partial charge in [-0.3, -0.25) is 4.79 Å². The summed E-state index contributed by atoms with van der Waals surface area (Å²) in [5.74, 6) is 0.402. The van der Waals surface area contributed by atoms with E-state index in [9.17, 15) is 4.79 Å². The Morgan fingerprint density at radius 1 is 1.19 bits per heavy atom. The molecule has 0 N–H and O–H groups in total. The fourth-order valence-electron chi connectivity index (χ4n) is 2.64.